The van der Waals surface area contributed by atoms with E-state index in [1.54, 1.807) is 12.1 Å². The van der Waals surface area contributed by atoms with Gasteiger partial charge in [-0.15, -0.1) is 0 Å². The van der Waals surface area contributed by atoms with E-state index in [0.717, 1.165) is 17.7 Å². The summed E-state index contributed by atoms with van der Waals surface area (Å²) in [7, 11) is 0. The Hall–Kier alpha value is -1.58. The average molecular weight is 322 g/mol. The highest BCUT2D eigenvalue weighted by molar-refractivity contribution is 6.31. The second-order valence-corrected chi connectivity index (χ2v) is 5.67. The molecule has 1 unspecified atom stereocenters. The summed E-state index contributed by atoms with van der Waals surface area (Å²) in [6.07, 6.45) is 1.43. The summed E-state index contributed by atoms with van der Waals surface area (Å²) in [4.78, 5) is 0. The van der Waals surface area contributed by atoms with E-state index in [1.165, 1.54) is 6.07 Å². The number of rotatable bonds is 7. The fourth-order valence-electron chi connectivity index (χ4n) is 2.39. The van der Waals surface area contributed by atoms with Gasteiger partial charge in [0, 0.05) is 16.5 Å². The van der Waals surface area contributed by atoms with Crippen LogP contribution in [0.5, 0.6) is 5.75 Å². The first kappa shape index (κ1) is 16.8. The lowest BCUT2D eigenvalue weighted by Gasteiger charge is -2.17. The van der Waals surface area contributed by atoms with Crippen LogP contribution in [-0.2, 0) is 6.42 Å². The predicted molar refractivity (Wildman–Crippen MR) is 89.1 cm³/mol. The van der Waals surface area contributed by atoms with Crippen LogP contribution in [0.25, 0.3) is 0 Å². The fraction of sp³-hybridized carbons (Fsp3) is 0.333. The van der Waals surface area contributed by atoms with Gasteiger partial charge in [-0.2, -0.15) is 0 Å². The molecule has 2 aromatic rings. The van der Waals surface area contributed by atoms with Gasteiger partial charge in [0.15, 0.2) is 0 Å². The summed E-state index contributed by atoms with van der Waals surface area (Å²) in [6.45, 7) is 3.16. The zero-order valence-corrected chi connectivity index (χ0v) is 13.4. The Labute approximate surface area is 136 Å². The van der Waals surface area contributed by atoms with Crippen LogP contribution < -0.4 is 10.5 Å². The molecule has 22 heavy (non-hydrogen) atoms. The van der Waals surface area contributed by atoms with Crippen LogP contribution in [0.3, 0.4) is 0 Å². The highest BCUT2D eigenvalue weighted by atomic mass is 35.5. The standard InChI is InChI=1S/C18H21ClFNO/c1-2-9-22-15-6-3-5-13(10-15)14(12-21)11-16-17(19)7-4-8-18(16)20/h3-8,10,14H,2,9,11-12,21H2,1H3. The Balaban J connectivity index is 2.21. The van der Waals surface area contributed by atoms with Crippen molar-refractivity contribution in [2.75, 3.05) is 13.2 Å². The molecule has 0 saturated carbocycles. The molecule has 0 radical (unpaired) electrons. The number of halogens is 2. The second kappa shape index (κ2) is 8.16. The van der Waals surface area contributed by atoms with E-state index in [-0.39, 0.29) is 11.7 Å². The molecule has 118 valence electrons. The van der Waals surface area contributed by atoms with Crippen molar-refractivity contribution in [3.63, 3.8) is 0 Å². The first-order chi connectivity index (χ1) is 10.7. The van der Waals surface area contributed by atoms with E-state index in [4.69, 9.17) is 22.1 Å². The molecule has 0 aliphatic rings. The van der Waals surface area contributed by atoms with Crippen LogP contribution >= 0.6 is 11.6 Å². The summed E-state index contributed by atoms with van der Waals surface area (Å²) in [5.74, 6) is 0.529. The van der Waals surface area contributed by atoms with Crippen molar-refractivity contribution >= 4 is 11.6 Å². The van der Waals surface area contributed by atoms with Crippen LogP contribution in [0.4, 0.5) is 4.39 Å². The second-order valence-electron chi connectivity index (χ2n) is 5.26. The largest absolute Gasteiger partial charge is 0.494 e. The van der Waals surface area contributed by atoms with Crippen molar-refractivity contribution in [3.8, 4) is 5.75 Å². The molecule has 1 atom stereocenters. The molecule has 4 heteroatoms. The van der Waals surface area contributed by atoms with E-state index < -0.39 is 0 Å². The Kier molecular flexibility index (Phi) is 6.22. The van der Waals surface area contributed by atoms with Crippen molar-refractivity contribution in [2.45, 2.75) is 25.7 Å². The van der Waals surface area contributed by atoms with Crippen molar-refractivity contribution in [2.24, 2.45) is 5.73 Å². The first-order valence-electron chi connectivity index (χ1n) is 7.51. The molecule has 0 bridgehead atoms. The maximum atomic E-state index is 14.0. The number of nitrogens with two attached hydrogens (primary N) is 1. The minimum atomic E-state index is -0.288. The zero-order chi connectivity index (χ0) is 15.9. The summed E-state index contributed by atoms with van der Waals surface area (Å²) >= 11 is 6.11. The van der Waals surface area contributed by atoms with Crippen molar-refractivity contribution in [1.82, 2.24) is 0 Å². The lowest BCUT2D eigenvalue weighted by molar-refractivity contribution is 0.317. The summed E-state index contributed by atoms with van der Waals surface area (Å²) in [6, 6.07) is 12.6. The normalized spacial score (nSPS) is 12.2. The van der Waals surface area contributed by atoms with E-state index >= 15 is 0 Å². The van der Waals surface area contributed by atoms with Crippen LogP contribution in [0.1, 0.15) is 30.4 Å². The molecule has 2 nitrogen and oxygen atoms in total. The monoisotopic (exact) mass is 321 g/mol. The van der Waals surface area contributed by atoms with E-state index in [0.29, 0.717) is 30.2 Å². The van der Waals surface area contributed by atoms with Gasteiger partial charge in [0.1, 0.15) is 11.6 Å². The topological polar surface area (TPSA) is 35.2 Å². The van der Waals surface area contributed by atoms with Gasteiger partial charge in [0.25, 0.3) is 0 Å². The molecule has 2 N–H and O–H groups in total. The molecule has 0 aliphatic heterocycles. The predicted octanol–water partition coefficient (Wildman–Crippen LogP) is 4.55. The molecule has 0 aliphatic carbocycles. The van der Waals surface area contributed by atoms with Gasteiger partial charge in [0.05, 0.1) is 6.61 Å². The number of hydrogen-bond donors (Lipinski definition) is 1. The molecule has 0 amide bonds. The minimum Gasteiger partial charge on any atom is -0.494 e. The van der Waals surface area contributed by atoms with E-state index in [1.807, 2.05) is 24.3 Å². The zero-order valence-electron chi connectivity index (χ0n) is 12.7. The average Bonchev–Trinajstić information content (AvgIpc) is 2.53. The van der Waals surface area contributed by atoms with Crippen LogP contribution in [-0.4, -0.2) is 13.2 Å². The van der Waals surface area contributed by atoms with Gasteiger partial charge in [-0.3, -0.25) is 0 Å². The van der Waals surface area contributed by atoms with Crippen molar-refractivity contribution < 1.29 is 9.13 Å². The van der Waals surface area contributed by atoms with Crippen molar-refractivity contribution in [1.29, 1.82) is 0 Å². The number of ether oxygens (including phenoxy) is 1. The van der Waals surface area contributed by atoms with Gasteiger partial charge >= 0.3 is 0 Å². The first-order valence-corrected chi connectivity index (χ1v) is 7.89. The summed E-state index contributed by atoms with van der Waals surface area (Å²) in [5.41, 5.74) is 7.45. The van der Waals surface area contributed by atoms with Gasteiger partial charge < -0.3 is 10.5 Å². The molecule has 2 aromatic carbocycles. The molecule has 0 aromatic heterocycles. The molecule has 0 saturated heterocycles. The van der Waals surface area contributed by atoms with Crippen molar-refractivity contribution in [3.05, 3.63) is 64.4 Å². The van der Waals surface area contributed by atoms with E-state index in [2.05, 4.69) is 6.92 Å². The fourth-order valence-corrected chi connectivity index (χ4v) is 2.63. The number of hydrogen-bond acceptors (Lipinski definition) is 2. The lowest BCUT2D eigenvalue weighted by Crippen LogP contribution is -2.16. The third kappa shape index (κ3) is 4.21. The molecule has 0 fully saturated rings. The molecule has 0 heterocycles. The van der Waals surface area contributed by atoms with Gasteiger partial charge in [-0.1, -0.05) is 36.7 Å². The molecular weight excluding hydrogens is 301 g/mol. The highest BCUT2D eigenvalue weighted by Gasteiger charge is 2.16. The maximum Gasteiger partial charge on any atom is 0.127 e. The Morgan fingerprint density at radius 1 is 1.23 bits per heavy atom. The summed E-state index contributed by atoms with van der Waals surface area (Å²) < 4.78 is 19.6. The van der Waals surface area contributed by atoms with Gasteiger partial charge in [0.2, 0.25) is 0 Å². The van der Waals surface area contributed by atoms with E-state index in [9.17, 15) is 4.39 Å². The SMILES string of the molecule is CCCOc1cccc(C(CN)Cc2c(F)cccc2Cl)c1. The lowest BCUT2D eigenvalue weighted by atomic mass is 9.91. The smallest absolute Gasteiger partial charge is 0.127 e. The third-order valence-electron chi connectivity index (χ3n) is 3.60. The number of benzene rings is 2. The Morgan fingerprint density at radius 3 is 2.68 bits per heavy atom. The molecule has 0 spiro atoms. The Bertz CT molecular complexity index is 598. The maximum absolute atomic E-state index is 14.0. The van der Waals surface area contributed by atoms with Gasteiger partial charge in [-0.05, 0) is 49.2 Å². The summed E-state index contributed by atoms with van der Waals surface area (Å²) in [5, 5.41) is 0.442. The van der Waals surface area contributed by atoms with Crippen LogP contribution in [0.2, 0.25) is 5.02 Å². The quantitative estimate of drug-likeness (QED) is 0.811. The Morgan fingerprint density at radius 2 is 2.00 bits per heavy atom. The minimum absolute atomic E-state index is 0.000392. The highest BCUT2D eigenvalue weighted by Crippen LogP contribution is 2.28. The van der Waals surface area contributed by atoms with Crippen LogP contribution in [0.15, 0.2) is 42.5 Å². The molecular formula is C18H21ClFNO. The molecule has 2 rings (SSSR count). The van der Waals surface area contributed by atoms with Crippen LogP contribution in [0, 0.1) is 5.82 Å². The third-order valence-corrected chi connectivity index (χ3v) is 3.95. The van der Waals surface area contributed by atoms with Gasteiger partial charge in [-0.25, -0.2) is 4.39 Å².